The van der Waals surface area contributed by atoms with E-state index in [4.69, 9.17) is 22.4 Å². The molecule has 2 nitrogen and oxygen atoms in total. The Morgan fingerprint density at radius 3 is 1.50 bits per heavy atom. The predicted molar refractivity (Wildman–Crippen MR) is 34.4 cm³/mol. The van der Waals surface area contributed by atoms with Crippen LogP contribution in [0.3, 0.4) is 0 Å². The molecule has 0 aliphatic heterocycles. The minimum absolute atomic E-state index is 0.464. The van der Waals surface area contributed by atoms with Crippen molar-refractivity contribution >= 4 is 11.6 Å². The summed E-state index contributed by atoms with van der Waals surface area (Å²) in [7, 11) is 0. The van der Waals surface area contributed by atoms with Gasteiger partial charge < -0.3 is 5.11 Å². The summed E-state index contributed by atoms with van der Waals surface area (Å²) < 4.78 is 0. The van der Waals surface area contributed by atoms with Crippen molar-refractivity contribution in [1.29, 1.82) is 0 Å². The first-order valence-electron chi connectivity index (χ1n) is 2.45. The van der Waals surface area contributed by atoms with Crippen molar-refractivity contribution in [1.82, 2.24) is 0 Å². The molecule has 0 saturated heterocycles. The van der Waals surface area contributed by atoms with Gasteiger partial charge in [-0.05, 0) is 0 Å². The molecule has 8 heavy (non-hydrogen) atoms. The van der Waals surface area contributed by atoms with Crippen molar-refractivity contribution < 1.29 is 5.11 Å². The third kappa shape index (κ3) is 1.99. The number of hydrogen-bond acceptors (Lipinski definition) is 2. The zero-order chi connectivity index (χ0) is 7.00. The van der Waals surface area contributed by atoms with Crippen molar-refractivity contribution in [3.8, 4) is 0 Å². The minimum Gasteiger partial charge on any atom is -0.362 e. The Labute approximate surface area is 54.6 Å². The molecule has 3 N–H and O–H groups in total. The molecule has 0 radical (unpaired) electrons. The summed E-state index contributed by atoms with van der Waals surface area (Å²) in [4.78, 5) is 0. The van der Waals surface area contributed by atoms with Crippen molar-refractivity contribution in [3.05, 3.63) is 0 Å². The lowest BCUT2D eigenvalue weighted by atomic mass is 9.94. The topological polar surface area (TPSA) is 46.2 Å². The van der Waals surface area contributed by atoms with Gasteiger partial charge in [0.25, 0.3) is 0 Å². The van der Waals surface area contributed by atoms with Crippen LogP contribution in [-0.4, -0.2) is 10.3 Å². The molecule has 0 aromatic rings. The molecular weight excluding hydrogens is 126 g/mol. The summed E-state index contributed by atoms with van der Waals surface area (Å²) in [5.74, 6) is 0. The van der Waals surface area contributed by atoms with Crippen LogP contribution in [0.1, 0.15) is 20.8 Å². The molecule has 50 valence electrons. The van der Waals surface area contributed by atoms with Crippen LogP contribution >= 0.6 is 11.6 Å². The SMILES string of the molecule is CC(C)(C)C(N)(O)Cl. The van der Waals surface area contributed by atoms with Crippen LogP contribution < -0.4 is 5.73 Å². The molecule has 0 aromatic carbocycles. The summed E-state index contributed by atoms with van der Waals surface area (Å²) in [5.41, 5.74) is 4.67. The summed E-state index contributed by atoms with van der Waals surface area (Å²) in [6, 6.07) is 0. The van der Waals surface area contributed by atoms with E-state index in [1.54, 1.807) is 20.8 Å². The Bertz CT molecular complexity index is 67.4. The number of halogens is 1. The normalized spacial score (nSPS) is 20.2. The van der Waals surface area contributed by atoms with Gasteiger partial charge in [-0.25, -0.2) is 0 Å². The maximum atomic E-state index is 8.90. The number of aliphatic hydroxyl groups is 1. The van der Waals surface area contributed by atoms with Gasteiger partial charge in [0, 0.05) is 5.41 Å². The predicted octanol–water partition coefficient (Wildman–Crippen LogP) is 0.876. The summed E-state index contributed by atoms with van der Waals surface area (Å²) in [6.07, 6.45) is 0. The van der Waals surface area contributed by atoms with Gasteiger partial charge in [0.15, 0.2) is 5.18 Å². The second kappa shape index (κ2) is 1.87. The smallest absolute Gasteiger partial charge is 0.196 e. The van der Waals surface area contributed by atoms with E-state index in [-0.39, 0.29) is 0 Å². The average Bonchev–Trinajstić information content (AvgIpc) is 1.25. The zero-order valence-corrected chi connectivity index (χ0v) is 6.16. The average molecular weight is 138 g/mol. The molecule has 0 fully saturated rings. The molecule has 1 unspecified atom stereocenters. The van der Waals surface area contributed by atoms with Crippen LogP contribution in [0.5, 0.6) is 0 Å². The number of alkyl halides is 1. The first-order valence-corrected chi connectivity index (χ1v) is 2.83. The summed E-state index contributed by atoms with van der Waals surface area (Å²) in [6.45, 7) is 5.29. The first kappa shape index (κ1) is 8.21. The minimum atomic E-state index is -1.59. The van der Waals surface area contributed by atoms with Crippen molar-refractivity contribution in [2.75, 3.05) is 0 Å². The Balaban J connectivity index is 4.02. The van der Waals surface area contributed by atoms with E-state index in [1.165, 1.54) is 0 Å². The molecule has 0 aliphatic rings. The summed E-state index contributed by atoms with van der Waals surface area (Å²) >= 11 is 5.34. The standard InChI is InChI=1S/C5H12ClNO/c1-4(2,3)5(6,7)8/h8H,7H2,1-3H3. The van der Waals surface area contributed by atoms with Gasteiger partial charge in [-0.2, -0.15) is 0 Å². The monoisotopic (exact) mass is 137 g/mol. The molecule has 0 aliphatic carbocycles. The van der Waals surface area contributed by atoms with Crippen LogP contribution in [0.25, 0.3) is 0 Å². The molecule has 3 heteroatoms. The van der Waals surface area contributed by atoms with Crippen LogP contribution in [0, 0.1) is 5.41 Å². The molecule has 0 spiro atoms. The lowest BCUT2D eigenvalue weighted by Gasteiger charge is -2.29. The van der Waals surface area contributed by atoms with Crippen LogP contribution in [-0.2, 0) is 0 Å². The van der Waals surface area contributed by atoms with Gasteiger partial charge in [-0.15, -0.1) is 0 Å². The summed E-state index contributed by atoms with van der Waals surface area (Å²) in [5, 5.41) is 7.31. The van der Waals surface area contributed by atoms with Crippen LogP contribution in [0.4, 0.5) is 0 Å². The van der Waals surface area contributed by atoms with E-state index in [2.05, 4.69) is 0 Å². The lowest BCUT2D eigenvalue weighted by molar-refractivity contribution is 0.0261. The number of nitrogens with two attached hydrogens (primary N) is 1. The third-order valence-electron chi connectivity index (χ3n) is 1.05. The Kier molecular flexibility index (Phi) is 1.91. The molecule has 1 atom stereocenters. The Morgan fingerprint density at radius 2 is 1.50 bits per heavy atom. The van der Waals surface area contributed by atoms with Gasteiger partial charge in [0.1, 0.15) is 0 Å². The second-order valence-electron chi connectivity index (χ2n) is 2.92. The van der Waals surface area contributed by atoms with Crippen molar-refractivity contribution in [3.63, 3.8) is 0 Å². The van der Waals surface area contributed by atoms with E-state index in [0.717, 1.165) is 0 Å². The fraction of sp³-hybridized carbons (Fsp3) is 1.00. The van der Waals surface area contributed by atoms with E-state index >= 15 is 0 Å². The first-order chi connectivity index (χ1) is 3.25. The van der Waals surface area contributed by atoms with Crippen LogP contribution in [0.15, 0.2) is 0 Å². The van der Waals surface area contributed by atoms with E-state index in [9.17, 15) is 0 Å². The number of rotatable bonds is 0. The lowest BCUT2D eigenvalue weighted by Crippen LogP contribution is -2.45. The quantitative estimate of drug-likeness (QED) is 0.296. The highest BCUT2D eigenvalue weighted by Gasteiger charge is 2.33. The maximum absolute atomic E-state index is 8.90. The van der Waals surface area contributed by atoms with Crippen molar-refractivity contribution in [2.45, 2.75) is 26.0 Å². The zero-order valence-electron chi connectivity index (χ0n) is 5.40. The Hall–Kier alpha value is 0.210. The Morgan fingerprint density at radius 1 is 1.38 bits per heavy atom. The fourth-order valence-corrected chi connectivity index (χ4v) is 0. The van der Waals surface area contributed by atoms with Crippen molar-refractivity contribution in [2.24, 2.45) is 11.1 Å². The molecule has 0 aromatic heterocycles. The maximum Gasteiger partial charge on any atom is 0.196 e. The van der Waals surface area contributed by atoms with E-state index < -0.39 is 10.6 Å². The largest absolute Gasteiger partial charge is 0.362 e. The molecule has 0 heterocycles. The van der Waals surface area contributed by atoms with Gasteiger partial charge >= 0.3 is 0 Å². The van der Waals surface area contributed by atoms with E-state index in [0.29, 0.717) is 0 Å². The van der Waals surface area contributed by atoms with E-state index in [1.807, 2.05) is 0 Å². The van der Waals surface area contributed by atoms with Gasteiger partial charge in [-0.3, -0.25) is 5.73 Å². The van der Waals surface area contributed by atoms with Gasteiger partial charge in [0.05, 0.1) is 0 Å². The number of hydrogen-bond donors (Lipinski definition) is 2. The molecule has 0 bridgehead atoms. The van der Waals surface area contributed by atoms with Gasteiger partial charge in [-0.1, -0.05) is 32.4 Å². The highest BCUT2D eigenvalue weighted by atomic mass is 35.5. The highest BCUT2D eigenvalue weighted by Crippen LogP contribution is 2.28. The molecule has 0 amide bonds. The van der Waals surface area contributed by atoms with Crippen LogP contribution in [0.2, 0.25) is 0 Å². The second-order valence-corrected chi connectivity index (χ2v) is 3.50. The molecule has 0 saturated carbocycles. The molecular formula is C5H12ClNO. The highest BCUT2D eigenvalue weighted by molar-refractivity contribution is 6.22. The third-order valence-corrected chi connectivity index (χ3v) is 1.62. The molecule has 0 rings (SSSR count). The van der Waals surface area contributed by atoms with Gasteiger partial charge in [0.2, 0.25) is 0 Å². The fourth-order valence-electron chi connectivity index (χ4n) is 0.